The Kier molecular flexibility index (Phi) is 6.15. The Bertz CT molecular complexity index is 1050. The van der Waals surface area contributed by atoms with Crippen LogP contribution in [-0.4, -0.2) is 44.6 Å². The van der Waals surface area contributed by atoms with Crippen LogP contribution in [-0.2, 0) is 11.2 Å². The molecule has 1 saturated heterocycles. The highest BCUT2D eigenvalue weighted by atomic mass is 35.5. The molecule has 0 saturated carbocycles. The van der Waals surface area contributed by atoms with Gasteiger partial charge in [0.1, 0.15) is 0 Å². The molecule has 156 valence electrons. The molecule has 0 aliphatic carbocycles. The normalized spacial score (nSPS) is 16.5. The summed E-state index contributed by atoms with van der Waals surface area (Å²) in [6.45, 7) is 3.02. The molecule has 1 N–H and O–H groups in total. The van der Waals surface area contributed by atoms with Gasteiger partial charge in [0.2, 0.25) is 5.91 Å². The largest absolute Gasteiger partial charge is 0.338 e. The standard InChI is InChI=1S/C21H22ClN5O2S/c1-2-18-17(12-24-27(18)16-7-3-6-15(22)11-16)20(29)26-9-4-5-14(13-26)19(28)25-21-23-8-10-30-21/h3,6-8,10-12,14H,2,4-5,9,13H2,1H3,(H,23,25,28). The van der Waals surface area contributed by atoms with Crippen molar-refractivity contribution in [3.05, 3.63) is 58.3 Å². The molecular formula is C21H22ClN5O2S. The molecular weight excluding hydrogens is 422 g/mol. The van der Waals surface area contributed by atoms with Crippen LogP contribution in [0, 0.1) is 5.92 Å². The monoisotopic (exact) mass is 443 g/mol. The Labute approximate surface area is 183 Å². The molecule has 0 radical (unpaired) electrons. The lowest BCUT2D eigenvalue weighted by molar-refractivity contribution is -0.121. The van der Waals surface area contributed by atoms with Crippen molar-refractivity contribution < 1.29 is 9.59 Å². The first-order valence-electron chi connectivity index (χ1n) is 9.89. The Morgan fingerprint density at radius 3 is 2.97 bits per heavy atom. The SMILES string of the molecule is CCc1c(C(=O)N2CCCC(C(=O)Nc3nccs3)C2)cnn1-c1cccc(Cl)c1. The van der Waals surface area contributed by atoms with Crippen molar-refractivity contribution in [1.82, 2.24) is 19.7 Å². The summed E-state index contributed by atoms with van der Waals surface area (Å²) < 4.78 is 1.76. The molecule has 1 atom stereocenters. The molecule has 0 bridgehead atoms. The summed E-state index contributed by atoms with van der Waals surface area (Å²) in [5, 5.41) is 10.3. The van der Waals surface area contributed by atoms with E-state index in [2.05, 4.69) is 15.4 Å². The number of aromatic nitrogens is 3. The van der Waals surface area contributed by atoms with Crippen LogP contribution in [0.2, 0.25) is 5.02 Å². The van der Waals surface area contributed by atoms with Gasteiger partial charge in [-0.1, -0.05) is 24.6 Å². The molecule has 30 heavy (non-hydrogen) atoms. The topological polar surface area (TPSA) is 80.1 Å². The first-order chi connectivity index (χ1) is 14.6. The van der Waals surface area contributed by atoms with E-state index in [0.717, 1.165) is 24.2 Å². The van der Waals surface area contributed by atoms with E-state index in [9.17, 15) is 9.59 Å². The summed E-state index contributed by atoms with van der Waals surface area (Å²) >= 11 is 7.50. The molecule has 7 nitrogen and oxygen atoms in total. The number of nitrogens with zero attached hydrogens (tertiary/aromatic N) is 4. The molecule has 1 aliphatic heterocycles. The van der Waals surface area contributed by atoms with E-state index in [-0.39, 0.29) is 17.7 Å². The fraction of sp³-hybridized carbons (Fsp3) is 0.333. The summed E-state index contributed by atoms with van der Waals surface area (Å²) in [6.07, 6.45) is 5.45. The van der Waals surface area contributed by atoms with Gasteiger partial charge >= 0.3 is 0 Å². The predicted octanol–water partition coefficient (Wildman–Crippen LogP) is 4.04. The van der Waals surface area contributed by atoms with E-state index < -0.39 is 0 Å². The number of halogens is 1. The van der Waals surface area contributed by atoms with E-state index in [4.69, 9.17) is 11.6 Å². The van der Waals surface area contributed by atoms with Gasteiger partial charge in [-0.05, 0) is 37.5 Å². The number of nitrogens with one attached hydrogen (secondary N) is 1. The summed E-state index contributed by atoms with van der Waals surface area (Å²) in [6, 6.07) is 7.39. The minimum absolute atomic E-state index is 0.0900. The molecule has 2 aromatic heterocycles. The number of carbonyl (C=O) groups excluding carboxylic acids is 2. The molecule has 1 fully saturated rings. The molecule has 1 aliphatic rings. The molecule has 2 amide bonds. The zero-order chi connectivity index (χ0) is 21.1. The number of anilines is 1. The summed E-state index contributed by atoms with van der Waals surface area (Å²) in [7, 11) is 0. The Morgan fingerprint density at radius 2 is 2.23 bits per heavy atom. The smallest absolute Gasteiger partial charge is 0.257 e. The third kappa shape index (κ3) is 4.24. The first-order valence-corrected chi connectivity index (χ1v) is 11.1. The third-order valence-corrected chi connectivity index (χ3v) is 6.15. The van der Waals surface area contributed by atoms with Gasteiger partial charge in [0.25, 0.3) is 5.91 Å². The minimum Gasteiger partial charge on any atom is -0.338 e. The number of likely N-dealkylation sites (tertiary alicyclic amines) is 1. The number of piperidine rings is 1. The van der Waals surface area contributed by atoms with Crippen LogP contribution in [0.5, 0.6) is 0 Å². The molecule has 3 aromatic rings. The highest BCUT2D eigenvalue weighted by Crippen LogP contribution is 2.24. The first kappa shape index (κ1) is 20.6. The van der Waals surface area contributed by atoms with Gasteiger partial charge in [-0.3, -0.25) is 9.59 Å². The average molecular weight is 444 g/mol. The van der Waals surface area contributed by atoms with Crippen LogP contribution < -0.4 is 5.32 Å². The van der Waals surface area contributed by atoms with Crippen LogP contribution in [0.15, 0.2) is 42.0 Å². The zero-order valence-electron chi connectivity index (χ0n) is 16.5. The second kappa shape index (κ2) is 8.97. The van der Waals surface area contributed by atoms with Gasteiger partial charge in [-0.25, -0.2) is 9.67 Å². The van der Waals surface area contributed by atoms with E-state index in [1.165, 1.54) is 11.3 Å². The fourth-order valence-corrected chi connectivity index (χ4v) is 4.48. The molecule has 3 heterocycles. The van der Waals surface area contributed by atoms with Crippen molar-refractivity contribution in [3.63, 3.8) is 0 Å². The summed E-state index contributed by atoms with van der Waals surface area (Å²) in [5.74, 6) is -0.431. The number of hydrogen-bond acceptors (Lipinski definition) is 5. The summed E-state index contributed by atoms with van der Waals surface area (Å²) in [5.41, 5.74) is 2.22. The van der Waals surface area contributed by atoms with Crippen LogP contribution in [0.25, 0.3) is 5.69 Å². The van der Waals surface area contributed by atoms with Crippen LogP contribution in [0.1, 0.15) is 35.8 Å². The predicted molar refractivity (Wildman–Crippen MR) is 117 cm³/mol. The Balaban J connectivity index is 1.52. The molecule has 1 unspecified atom stereocenters. The van der Waals surface area contributed by atoms with Gasteiger partial charge < -0.3 is 10.2 Å². The number of benzene rings is 1. The fourth-order valence-electron chi connectivity index (χ4n) is 3.76. The Morgan fingerprint density at radius 1 is 1.37 bits per heavy atom. The minimum atomic E-state index is -0.250. The zero-order valence-corrected chi connectivity index (χ0v) is 18.1. The summed E-state index contributed by atoms with van der Waals surface area (Å²) in [4.78, 5) is 31.7. The lowest BCUT2D eigenvalue weighted by atomic mass is 9.96. The second-order valence-electron chi connectivity index (χ2n) is 7.17. The van der Waals surface area contributed by atoms with E-state index in [1.54, 1.807) is 28.0 Å². The molecule has 1 aromatic carbocycles. The van der Waals surface area contributed by atoms with Gasteiger partial charge in [0, 0.05) is 29.7 Å². The molecule has 4 rings (SSSR count). The quantitative estimate of drug-likeness (QED) is 0.645. The molecule has 9 heteroatoms. The van der Waals surface area contributed by atoms with Crippen molar-refractivity contribution in [3.8, 4) is 5.69 Å². The van der Waals surface area contributed by atoms with Crippen molar-refractivity contribution in [2.24, 2.45) is 5.92 Å². The highest BCUT2D eigenvalue weighted by molar-refractivity contribution is 7.13. The average Bonchev–Trinajstić information content (AvgIpc) is 3.42. The maximum atomic E-state index is 13.3. The van der Waals surface area contributed by atoms with Crippen molar-refractivity contribution in [2.75, 3.05) is 18.4 Å². The number of carbonyl (C=O) groups is 2. The van der Waals surface area contributed by atoms with E-state index in [1.807, 2.05) is 30.5 Å². The van der Waals surface area contributed by atoms with Gasteiger partial charge in [-0.2, -0.15) is 5.10 Å². The van der Waals surface area contributed by atoms with Crippen molar-refractivity contribution in [2.45, 2.75) is 26.2 Å². The van der Waals surface area contributed by atoms with Gasteiger partial charge in [0.05, 0.1) is 29.1 Å². The number of hydrogen-bond donors (Lipinski definition) is 1. The van der Waals surface area contributed by atoms with Gasteiger partial charge in [0.15, 0.2) is 5.13 Å². The lowest BCUT2D eigenvalue weighted by Crippen LogP contribution is -2.44. The van der Waals surface area contributed by atoms with Crippen molar-refractivity contribution in [1.29, 1.82) is 0 Å². The molecule has 0 spiro atoms. The van der Waals surface area contributed by atoms with Crippen LogP contribution in [0.4, 0.5) is 5.13 Å². The van der Waals surface area contributed by atoms with Gasteiger partial charge in [-0.15, -0.1) is 11.3 Å². The maximum absolute atomic E-state index is 13.3. The number of amides is 2. The van der Waals surface area contributed by atoms with E-state index in [0.29, 0.717) is 35.2 Å². The lowest BCUT2D eigenvalue weighted by Gasteiger charge is -2.32. The second-order valence-corrected chi connectivity index (χ2v) is 8.50. The third-order valence-electron chi connectivity index (χ3n) is 5.23. The van der Waals surface area contributed by atoms with Crippen LogP contribution in [0.3, 0.4) is 0 Å². The number of rotatable bonds is 5. The van der Waals surface area contributed by atoms with Crippen molar-refractivity contribution >= 4 is 39.9 Å². The number of thiazole rings is 1. The van der Waals surface area contributed by atoms with E-state index >= 15 is 0 Å². The maximum Gasteiger partial charge on any atom is 0.257 e. The Hall–Kier alpha value is -2.71. The highest BCUT2D eigenvalue weighted by Gasteiger charge is 2.31. The van der Waals surface area contributed by atoms with Crippen LogP contribution >= 0.6 is 22.9 Å².